The zero-order valence-corrected chi connectivity index (χ0v) is 15.9. The molecule has 1 heterocycles. The predicted molar refractivity (Wildman–Crippen MR) is 20.2 cm³/mol. The van der Waals surface area contributed by atoms with Gasteiger partial charge >= 0.3 is 96.2 Å². The van der Waals surface area contributed by atoms with Crippen LogP contribution in [0.1, 0.15) is 0 Å². The third kappa shape index (κ3) is 4.47. The Hall–Kier alpha value is 2.03. The Bertz CT molecular complexity index is 162. The molecule has 1 aliphatic rings. The number of rotatable bonds is 0. The summed E-state index contributed by atoms with van der Waals surface area (Å²) in [6, 6.07) is 0. The van der Waals surface area contributed by atoms with E-state index in [0.717, 1.165) is 4.08 Å². The second-order valence-electron chi connectivity index (χ2n) is 1.07. The van der Waals surface area contributed by atoms with E-state index in [9.17, 15) is 0 Å². The van der Waals surface area contributed by atoms with Gasteiger partial charge in [-0.2, -0.15) is 0 Å². The van der Waals surface area contributed by atoms with Crippen LogP contribution in [-0.2, 0) is 75.9 Å². The molecule has 0 N–H and O–H groups in total. The van der Waals surface area contributed by atoms with Crippen molar-refractivity contribution >= 4 is 7.98 Å². The fraction of sp³-hybridized carbons (Fsp3) is 0. The molecular formula is C4H2OW4. The Balaban J connectivity index is 0.000000291. The van der Waals surface area contributed by atoms with Crippen LogP contribution in [0.4, 0.5) is 0 Å². The Morgan fingerprint density at radius 2 is 1.78 bits per heavy atom. The van der Waals surface area contributed by atoms with Crippen molar-refractivity contribution in [1.82, 2.24) is 0 Å². The van der Waals surface area contributed by atoms with Crippen molar-refractivity contribution in [2.45, 2.75) is 0 Å². The average Bonchev–Trinajstić information content (AvgIpc) is 2.23. The average molecular weight is 801 g/mol. The molecule has 0 saturated carbocycles. The first kappa shape index (κ1) is 11.0. The van der Waals surface area contributed by atoms with Gasteiger partial charge in [0, 0.05) is 0 Å². The molecule has 0 saturated heterocycles. The van der Waals surface area contributed by atoms with Gasteiger partial charge in [-0.25, -0.2) is 0 Å². The van der Waals surface area contributed by atoms with Gasteiger partial charge in [0.1, 0.15) is 0 Å². The van der Waals surface area contributed by atoms with Crippen LogP contribution in [0.5, 0.6) is 0 Å². The van der Waals surface area contributed by atoms with Gasteiger partial charge in [-0.15, -0.1) is 0 Å². The van der Waals surface area contributed by atoms with Crippen molar-refractivity contribution in [3.05, 3.63) is 12.3 Å². The van der Waals surface area contributed by atoms with Crippen molar-refractivity contribution in [3.63, 3.8) is 0 Å². The molecule has 0 fully saturated rings. The van der Waals surface area contributed by atoms with Gasteiger partial charge in [0.15, 0.2) is 0 Å². The Morgan fingerprint density at radius 3 is 1.89 bits per heavy atom. The molecule has 0 aliphatic carbocycles. The fourth-order valence-electron chi connectivity index (χ4n) is 0.284. The molecule has 1 rings (SSSR count). The van der Waals surface area contributed by atoms with Crippen molar-refractivity contribution in [2.24, 2.45) is 0 Å². The molecule has 0 aromatic heterocycles. The van der Waals surface area contributed by atoms with Gasteiger partial charge in [0.25, 0.3) is 0 Å². The molecule has 0 atom stereocenters. The van der Waals surface area contributed by atoms with Gasteiger partial charge in [0.2, 0.25) is 0 Å². The molecule has 0 aromatic carbocycles. The zero-order chi connectivity index (χ0) is 7.28. The molecule has 0 aromatic rings. The summed E-state index contributed by atoms with van der Waals surface area (Å²) in [6.45, 7) is 0. The maximum atomic E-state index is 5.02. The monoisotopic (exact) mass is 802 g/mol. The van der Waals surface area contributed by atoms with Gasteiger partial charge in [-0.05, 0) is 0 Å². The van der Waals surface area contributed by atoms with Crippen molar-refractivity contribution in [2.75, 3.05) is 0 Å². The van der Waals surface area contributed by atoms with Crippen molar-refractivity contribution < 1.29 is 75.9 Å². The van der Waals surface area contributed by atoms with E-state index in [4.69, 9.17) is 4.74 Å². The molecule has 0 unspecified atom stereocenters. The summed E-state index contributed by atoms with van der Waals surface area (Å²) in [5.41, 5.74) is 0. The predicted octanol–water partition coefficient (Wildman–Crippen LogP) is -0.0788. The van der Waals surface area contributed by atoms with E-state index in [1.54, 1.807) is 38.7 Å². The minimum atomic E-state index is 1.13. The van der Waals surface area contributed by atoms with E-state index < -0.39 is 0 Å². The summed E-state index contributed by atoms with van der Waals surface area (Å²) in [7, 11) is 0. The molecule has 5 heteroatoms. The van der Waals surface area contributed by atoms with Gasteiger partial charge in [0.05, 0.1) is 0 Å². The van der Waals surface area contributed by atoms with Gasteiger partial charge < -0.3 is 0 Å². The van der Waals surface area contributed by atoms with Crippen LogP contribution in [0.3, 0.4) is 0 Å². The van der Waals surface area contributed by atoms with Crippen LogP contribution >= 0.6 is 0 Å². The van der Waals surface area contributed by atoms with E-state index >= 15 is 0 Å². The zero-order valence-electron chi connectivity index (χ0n) is 4.20. The fourth-order valence-corrected chi connectivity index (χ4v) is 1.10. The molecule has 0 bridgehead atoms. The standard InChI is InChI=1S/C4H2O.4W/c1-2-4-5-3-1;;;;/h1,3H;;;;. The quantitative estimate of drug-likeness (QED) is 0.334. The Labute approximate surface area is 94.6 Å². The Kier molecular flexibility index (Phi) is 8.24. The molecule has 1 aliphatic heterocycles. The molecule has 0 spiro atoms. The second-order valence-corrected chi connectivity index (χ2v) is 3.98. The van der Waals surface area contributed by atoms with Crippen LogP contribution < -0.4 is 0 Å². The van der Waals surface area contributed by atoms with Crippen LogP contribution in [0.25, 0.3) is 0 Å². The van der Waals surface area contributed by atoms with E-state index in [-0.39, 0.29) is 0 Å². The third-order valence-electron chi connectivity index (χ3n) is 0.596. The summed E-state index contributed by atoms with van der Waals surface area (Å²) in [5.74, 6) is 0. The van der Waals surface area contributed by atoms with Gasteiger partial charge in [-0.3, -0.25) is 0 Å². The molecule has 9 heavy (non-hydrogen) atoms. The molecule has 48 valence electrons. The van der Waals surface area contributed by atoms with Gasteiger partial charge in [-0.1, -0.05) is 0 Å². The SMILES string of the molecule is [W]=[C]1C=CO[C]1=[W].[W]=[W]. The summed E-state index contributed by atoms with van der Waals surface area (Å²) in [6.07, 6.45) is 3.75. The van der Waals surface area contributed by atoms with Crippen LogP contribution in [0, 0.1) is 0 Å². The first-order valence-electron chi connectivity index (χ1n) is 1.89. The van der Waals surface area contributed by atoms with Crippen LogP contribution in [0.2, 0.25) is 0 Å². The first-order chi connectivity index (χ1) is 4.30. The second kappa shape index (κ2) is 6.73. The van der Waals surface area contributed by atoms with Crippen molar-refractivity contribution in [1.29, 1.82) is 0 Å². The molecule has 1 nitrogen and oxygen atoms in total. The summed E-state index contributed by atoms with van der Waals surface area (Å²) in [4.78, 5) is 0. The molecule has 0 amide bonds. The maximum absolute atomic E-state index is 5.02. The minimum absolute atomic E-state index is 1.13. The third-order valence-corrected chi connectivity index (χ3v) is 4.90. The normalized spacial score (nSPS) is 14.2. The van der Waals surface area contributed by atoms with Crippen LogP contribution in [0.15, 0.2) is 12.3 Å². The number of hydrogen-bond acceptors (Lipinski definition) is 1. The van der Waals surface area contributed by atoms with E-state index in [1.165, 1.54) is 42.6 Å². The first-order valence-corrected chi connectivity index (χ1v) is 15.8. The topological polar surface area (TPSA) is 9.23 Å². The molecule has 0 radical (unpaired) electrons. The van der Waals surface area contributed by atoms with Crippen LogP contribution in [-0.4, -0.2) is 7.98 Å². The molecular weight excluding hydrogens is 799 g/mol. The van der Waals surface area contributed by atoms with E-state index in [1.807, 2.05) is 6.08 Å². The van der Waals surface area contributed by atoms with E-state index in [2.05, 4.69) is 0 Å². The number of ether oxygens (including phenoxy) is 1. The Morgan fingerprint density at radius 1 is 1.22 bits per heavy atom. The number of hydrogen-bond donors (Lipinski definition) is 0. The van der Waals surface area contributed by atoms with Crippen molar-refractivity contribution in [3.8, 4) is 0 Å². The summed E-state index contributed by atoms with van der Waals surface area (Å²) < 4.78 is 7.50. The summed E-state index contributed by atoms with van der Waals surface area (Å²) in [5, 5.41) is 0. The van der Waals surface area contributed by atoms with E-state index in [0.29, 0.717) is 0 Å². The summed E-state index contributed by atoms with van der Waals surface area (Å²) >= 11 is 6.25.